The van der Waals surface area contributed by atoms with Crippen molar-refractivity contribution in [2.75, 3.05) is 10.6 Å². The maximum Gasteiger partial charge on any atom is 0.257 e. The van der Waals surface area contributed by atoms with Crippen molar-refractivity contribution < 1.29 is 9.90 Å². The Hall–Kier alpha value is -2.56. The van der Waals surface area contributed by atoms with Gasteiger partial charge in [-0.1, -0.05) is 0 Å². The van der Waals surface area contributed by atoms with Gasteiger partial charge in [-0.15, -0.1) is 0 Å². The van der Waals surface area contributed by atoms with E-state index in [0.29, 0.717) is 11.3 Å². The normalized spacial score (nSPS) is 10.5. The lowest BCUT2D eigenvalue weighted by atomic mass is 10.1. The van der Waals surface area contributed by atoms with Gasteiger partial charge in [-0.05, 0) is 56.7 Å². The summed E-state index contributed by atoms with van der Waals surface area (Å²) in [6, 6.07) is 8.60. The van der Waals surface area contributed by atoms with Crippen LogP contribution in [0.1, 0.15) is 29.8 Å². The van der Waals surface area contributed by atoms with Gasteiger partial charge in [0.05, 0.1) is 5.56 Å². The van der Waals surface area contributed by atoms with Crippen LogP contribution in [0.4, 0.5) is 11.5 Å². The Labute approximate surface area is 124 Å². The first-order chi connectivity index (χ1) is 9.95. The first kappa shape index (κ1) is 14.8. The Bertz CT molecular complexity index is 636. The minimum Gasteiger partial charge on any atom is -0.508 e. The summed E-state index contributed by atoms with van der Waals surface area (Å²) in [7, 11) is 0. The van der Waals surface area contributed by atoms with Crippen molar-refractivity contribution >= 4 is 17.4 Å². The largest absolute Gasteiger partial charge is 0.508 e. The number of benzene rings is 1. The van der Waals surface area contributed by atoms with E-state index >= 15 is 0 Å². The smallest absolute Gasteiger partial charge is 0.257 e. The third-order valence-corrected chi connectivity index (χ3v) is 2.92. The van der Waals surface area contributed by atoms with E-state index in [0.717, 1.165) is 11.4 Å². The third-order valence-electron chi connectivity index (χ3n) is 2.92. The molecule has 0 radical (unpaired) electrons. The summed E-state index contributed by atoms with van der Waals surface area (Å²) in [6.07, 6.45) is 1.54. The molecule has 2 rings (SSSR count). The van der Waals surface area contributed by atoms with E-state index in [-0.39, 0.29) is 17.7 Å². The van der Waals surface area contributed by atoms with Crippen molar-refractivity contribution in [3.63, 3.8) is 0 Å². The van der Waals surface area contributed by atoms with Gasteiger partial charge in [0.15, 0.2) is 0 Å². The molecule has 0 aliphatic heterocycles. The molecule has 0 spiro atoms. The molecule has 5 heteroatoms. The quantitative estimate of drug-likeness (QED) is 0.754. The van der Waals surface area contributed by atoms with Crippen LogP contribution in [0.15, 0.2) is 36.5 Å². The fraction of sp³-hybridized carbons (Fsp3) is 0.250. The summed E-state index contributed by atoms with van der Waals surface area (Å²) in [5.41, 5.74) is 1.95. The fourth-order valence-electron chi connectivity index (χ4n) is 1.89. The number of anilines is 2. The van der Waals surface area contributed by atoms with Crippen LogP contribution in [-0.4, -0.2) is 22.0 Å². The predicted octanol–water partition coefficient (Wildman–Crippen LogP) is 3.17. The molecule has 3 N–H and O–H groups in total. The summed E-state index contributed by atoms with van der Waals surface area (Å²) < 4.78 is 0. The van der Waals surface area contributed by atoms with E-state index in [9.17, 15) is 9.90 Å². The minimum atomic E-state index is -0.229. The Morgan fingerprint density at radius 3 is 2.57 bits per heavy atom. The molecule has 0 aliphatic rings. The monoisotopic (exact) mass is 285 g/mol. The maximum absolute atomic E-state index is 12.2. The standard InChI is InChI=1S/C16H19N3O2/c1-10(2)18-15-7-4-12(9-17-15)16(21)19-14-6-5-13(20)8-11(14)3/h4-10,20H,1-3H3,(H,17,18)(H,19,21). The summed E-state index contributed by atoms with van der Waals surface area (Å²) in [5.74, 6) is 0.686. The molecule has 0 saturated heterocycles. The maximum atomic E-state index is 12.2. The number of carbonyl (C=O) groups is 1. The highest BCUT2D eigenvalue weighted by molar-refractivity contribution is 6.04. The van der Waals surface area contributed by atoms with Crippen LogP contribution < -0.4 is 10.6 Å². The number of nitrogens with zero attached hydrogens (tertiary/aromatic N) is 1. The number of nitrogens with one attached hydrogen (secondary N) is 2. The average molecular weight is 285 g/mol. The van der Waals surface area contributed by atoms with E-state index in [1.165, 1.54) is 12.3 Å². The van der Waals surface area contributed by atoms with Crippen LogP contribution in [0, 0.1) is 6.92 Å². The van der Waals surface area contributed by atoms with Crippen LogP contribution in [-0.2, 0) is 0 Å². The van der Waals surface area contributed by atoms with Crippen LogP contribution in [0.3, 0.4) is 0 Å². The first-order valence-electron chi connectivity index (χ1n) is 6.79. The highest BCUT2D eigenvalue weighted by Crippen LogP contribution is 2.20. The van der Waals surface area contributed by atoms with Crippen LogP contribution >= 0.6 is 0 Å². The second-order valence-electron chi connectivity index (χ2n) is 5.18. The Balaban J connectivity index is 2.09. The number of aryl methyl sites for hydroxylation is 1. The third kappa shape index (κ3) is 3.95. The van der Waals surface area contributed by atoms with Crippen LogP contribution in [0.25, 0.3) is 0 Å². The molecular weight excluding hydrogens is 266 g/mol. The number of pyridine rings is 1. The van der Waals surface area contributed by atoms with Gasteiger partial charge in [0, 0.05) is 17.9 Å². The second-order valence-corrected chi connectivity index (χ2v) is 5.18. The van der Waals surface area contributed by atoms with Gasteiger partial charge >= 0.3 is 0 Å². The van der Waals surface area contributed by atoms with E-state index in [1.807, 2.05) is 20.8 Å². The number of hydrogen-bond donors (Lipinski definition) is 3. The summed E-state index contributed by atoms with van der Waals surface area (Å²) in [4.78, 5) is 16.4. The molecule has 0 saturated carbocycles. The number of phenolic OH excluding ortho intramolecular Hbond substituents is 1. The Morgan fingerprint density at radius 2 is 2.00 bits per heavy atom. The molecule has 1 aromatic carbocycles. The molecule has 1 aromatic heterocycles. The van der Waals surface area contributed by atoms with E-state index in [1.54, 1.807) is 24.3 Å². The molecule has 0 aliphatic carbocycles. The summed E-state index contributed by atoms with van der Waals surface area (Å²) in [6.45, 7) is 5.87. The summed E-state index contributed by atoms with van der Waals surface area (Å²) in [5, 5.41) is 15.3. The lowest BCUT2D eigenvalue weighted by Gasteiger charge is -2.10. The van der Waals surface area contributed by atoms with E-state index in [2.05, 4.69) is 15.6 Å². The van der Waals surface area contributed by atoms with Gasteiger partial charge in [0.25, 0.3) is 5.91 Å². The zero-order valence-corrected chi connectivity index (χ0v) is 12.3. The van der Waals surface area contributed by atoms with Crippen molar-refractivity contribution in [2.45, 2.75) is 26.8 Å². The number of hydrogen-bond acceptors (Lipinski definition) is 4. The van der Waals surface area contributed by atoms with Gasteiger partial charge < -0.3 is 15.7 Å². The van der Waals surface area contributed by atoms with Gasteiger partial charge in [-0.2, -0.15) is 0 Å². The Morgan fingerprint density at radius 1 is 1.24 bits per heavy atom. The molecule has 5 nitrogen and oxygen atoms in total. The molecule has 0 atom stereocenters. The zero-order chi connectivity index (χ0) is 15.4. The summed E-state index contributed by atoms with van der Waals surface area (Å²) >= 11 is 0. The number of phenols is 1. The van der Waals surface area contributed by atoms with Gasteiger partial charge in [-0.25, -0.2) is 4.98 Å². The van der Waals surface area contributed by atoms with Gasteiger partial charge in [0.2, 0.25) is 0 Å². The molecule has 0 bridgehead atoms. The van der Waals surface area contributed by atoms with E-state index in [4.69, 9.17) is 0 Å². The lowest BCUT2D eigenvalue weighted by Crippen LogP contribution is -2.14. The van der Waals surface area contributed by atoms with Crippen molar-refractivity contribution in [2.24, 2.45) is 0 Å². The molecule has 1 amide bonds. The molecule has 0 fully saturated rings. The number of carbonyl (C=O) groups excluding carboxylic acids is 1. The van der Waals surface area contributed by atoms with Crippen LogP contribution in [0.5, 0.6) is 5.75 Å². The predicted molar refractivity (Wildman–Crippen MR) is 83.8 cm³/mol. The number of aromatic nitrogens is 1. The topological polar surface area (TPSA) is 74.2 Å². The lowest BCUT2D eigenvalue weighted by molar-refractivity contribution is 0.102. The van der Waals surface area contributed by atoms with Crippen molar-refractivity contribution in [1.82, 2.24) is 4.98 Å². The molecule has 1 heterocycles. The number of aromatic hydroxyl groups is 1. The van der Waals surface area contributed by atoms with Crippen molar-refractivity contribution in [1.29, 1.82) is 0 Å². The number of rotatable bonds is 4. The SMILES string of the molecule is Cc1cc(O)ccc1NC(=O)c1ccc(NC(C)C)nc1. The highest BCUT2D eigenvalue weighted by atomic mass is 16.3. The second kappa shape index (κ2) is 6.26. The molecule has 21 heavy (non-hydrogen) atoms. The Kier molecular flexibility index (Phi) is 4.42. The minimum absolute atomic E-state index is 0.177. The van der Waals surface area contributed by atoms with E-state index < -0.39 is 0 Å². The first-order valence-corrected chi connectivity index (χ1v) is 6.79. The van der Waals surface area contributed by atoms with Crippen molar-refractivity contribution in [3.05, 3.63) is 47.7 Å². The number of amides is 1. The van der Waals surface area contributed by atoms with Crippen molar-refractivity contribution in [3.8, 4) is 5.75 Å². The zero-order valence-electron chi connectivity index (χ0n) is 12.3. The molecule has 0 unspecified atom stereocenters. The molecule has 2 aromatic rings. The highest BCUT2D eigenvalue weighted by Gasteiger charge is 2.09. The average Bonchev–Trinajstić information content (AvgIpc) is 2.42. The fourth-order valence-corrected chi connectivity index (χ4v) is 1.89. The molecular formula is C16H19N3O2. The van der Waals surface area contributed by atoms with Gasteiger partial charge in [-0.3, -0.25) is 4.79 Å². The molecule has 110 valence electrons. The van der Waals surface area contributed by atoms with Gasteiger partial charge in [0.1, 0.15) is 11.6 Å². The van der Waals surface area contributed by atoms with Crippen LogP contribution in [0.2, 0.25) is 0 Å².